The van der Waals surface area contributed by atoms with Crippen molar-refractivity contribution in [3.8, 4) is 0 Å². The molecular formula is C6H9F3N2O4. The molecule has 2 amide bonds. The van der Waals surface area contributed by atoms with Crippen LogP contribution in [0.15, 0.2) is 0 Å². The van der Waals surface area contributed by atoms with Crippen molar-refractivity contribution in [1.29, 1.82) is 0 Å². The van der Waals surface area contributed by atoms with E-state index in [1.54, 1.807) is 0 Å². The maximum atomic E-state index is 11.5. The summed E-state index contributed by atoms with van der Waals surface area (Å²) in [5, 5.41) is 1.92. The number of alkyl carbamates (subject to hydrolysis) is 1. The second-order valence-corrected chi connectivity index (χ2v) is 2.29. The first kappa shape index (κ1) is 13.3. The fourth-order valence-electron chi connectivity index (χ4n) is 0.503. The summed E-state index contributed by atoms with van der Waals surface area (Å²) in [5.74, 6) is 0. The minimum absolute atomic E-state index is 0.181. The van der Waals surface area contributed by atoms with Crippen molar-refractivity contribution in [2.45, 2.75) is 6.18 Å². The molecule has 0 aromatic carbocycles. The van der Waals surface area contributed by atoms with Crippen molar-refractivity contribution in [3.63, 3.8) is 0 Å². The van der Waals surface area contributed by atoms with E-state index in [2.05, 4.69) is 15.2 Å². The topological polar surface area (TPSA) is 90.7 Å². The van der Waals surface area contributed by atoms with Crippen molar-refractivity contribution in [2.24, 2.45) is 5.73 Å². The second kappa shape index (κ2) is 5.94. The first-order chi connectivity index (χ1) is 6.81. The van der Waals surface area contributed by atoms with Crippen LogP contribution in [0.25, 0.3) is 0 Å². The predicted octanol–water partition coefficient (Wildman–Crippen LogP) is 0.370. The zero-order valence-corrected chi connectivity index (χ0v) is 7.47. The minimum Gasteiger partial charge on any atom is -0.448 e. The van der Waals surface area contributed by atoms with Gasteiger partial charge in [-0.1, -0.05) is 0 Å². The lowest BCUT2D eigenvalue weighted by Crippen LogP contribution is -2.32. The number of hydrogen-bond acceptors (Lipinski definition) is 4. The third-order valence-electron chi connectivity index (χ3n) is 0.983. The third kappa shape index (κ3) is 10.2. The van der Waals surface area contributed by atoms with Gasteiger partial charge in [-0.25, -0.2) is 9.59 Å². The molecule has 0 rings (SSSR count). The first-order valence-electron chi connectivity index (χ1n) is 3.71. The lowest BCUT2D eigenvalue weighted by atomic mass is 10.7. The summed E-state index contributed by atoms with van der Waals surface area (Å²) in [5.41, 5.74) is 4.57. The quantitative estimate of drug-likeness (QED) is 0.682. The predicted molar refractivity (Wildman–Crippen MR) is 40.9 cm³/mol. The van der Waals surface area contributed by atoms with Crippen LogP contribution in [0, 0.1) is 0 Å². The molecule has 0 saturated carbocycles. The molecule has 0 fully saturated rings. The van der Waals surface area contributed by atoms with Gasteiger partial charge in [-0.2, -0.15) is 13.2 Å². The van der Waals surface area contributed by atoms with Crippen LogP contribution in [0.5, 0.6) is 0 Å². The van der Waals surface area contributed by atoms with Gasteiger partial charge >= 0.3 is 18.4 Å². The maximum absolute atomic E-state index is 11.5. The third-order valence-corrected chi connectivity index (χ3v) is 0.983. The molecule has 0 aliphatic heterocycles. The zero-order valence-electron chi connectivity index (χ0n) is 7.47. The number of amides is 2. The Labute approximate surface area is 82.5 Å². The van der Waals surface area contributed by atoms with Gasteiger partial charge in [0.25, 0.3) is 0 Å². The van der Waals surface area contributed by atoms with Gasteiger partial charge in [0.1, 0.15) is 6.61 Å². The number of carbonyl (C=O) groups excluding carboxylic acids is 2. The van der Waals surface area contributed by atoms with E-state index in [1.165, 1.54) is 0 Å². The zero-order chi connectivity index (χ0) is 11.9. The van der Waals surface area contributed by atoms with Crippen LogP contribution in [-0.4, -0.2) is 38.1 Å². The van der Waals surface area contributed by atoms with Crippen LogP contribution >= 0.6 is 0 Å². The number of alkyl halides is 3. The molecule has 0 saturated heterocycles. The second-order valence-electron chi connectivity index (χ2n) is 2.29. The van der Waals surface area contributed by atoms with Crippen molar-refractivity contribution < 1.29 is 32.2 Å². The van der Waals surface area contributed by atoms with E-state index in [0.717, 1.165) is 0 Å². The van der Waals surface area contributed by atoms with Gasteiger partial charge in [0.15, 0.2) is 6.61 Å². The Morgan fingerprint density at radius 2 is 1.87 bits per heavy atom. The summed E-state index contributed by atoms with van der Waals surface area (Å²) < 4.78 is 42.5. The highest BCUT2D eigenvalue weighted by atomic mass is 19.4. The van der Waals surface area contributed by atoms with E-state index < -0.39 is 25.0 Å². The minimum atomic E-state index is -4.57. The Bertz CT molecular complexity index is 231. The van der Waals surface area contributed by atoms with E-state index in [4.69, 9.17) is 0 Å². The molecule has 0 aromatic rings. The molecule has 6 nitrogen and oxygen atoms in total. The number of nitrogens with one attached hydrogen (secondary N) is 1. The molecule has 9 heteroatoms. The Balaban J connectivity index is 3.46. The van der Waals surface area contributed by atoms with E-state index in [1.807, 2.05) is 5.32 Å². The fourth-order valence-corrected chi connectivity index (χ4v) is 0.503. The van der Waals surface area contributed by atoms with Crippen LogP contribution in [0.2, 0.25) is 0 Å². The highest BCUT2D eigenvalue weighted by Gasteiger charge is 2.29. The Hall–Kier alpha value is -1.67. The number of nitrogens with two attached hydrogens (primary N) is 1. The highest BCUT2D eigenvalue weighted by Crippen LogP contribution is 2.14. The summed E-state index contributed by atoms with van der Waals surface area (Å²) in [6.07, 6.45) is -6.86. The molecule has 3 N–H and O–H groups in total. The van der Waals surface area contributed by atoms with Gasteiger partial charge in [0.2, 0.25) is 0 Å². The van der Waals surface area contributed by atoms with Crippen molar-refractivity contribution in [3.05, 3.63) is 0 Å². The lowest BCUT2D eigenvalue weighted by molar-refractivity contribution is -0.160. The fraction of sp³-hybridized carbons (Fsp3) is 0.667. The normalized spacial score (nSPS) is 10.6. The van der Waals surface area contributed by atoms with E-state index in [9.17, 15) is 22.8 Å². The molecule has 0 atom stereocenters. The number of hydrogen-bond donors (Lipinski definition) is 2. The van der Waals surface area contributed by atoms with Gasteiger partial charge in [-0.3, -0.25) is 0 Å². The Morgan fingerprint density at radius 1 is 1.27 bits per heavy atom. The SMILES string of the molecule is NC(=O)OCCNC(=O)OCC(F)(F)F. The Kier molecular flexibility index (Phi) is 5.27. The van der Waals surface area contributed by atoms with Crippen LogP contribution < -0.4 is 11.1 Å². The molecule has 0 aliphatic carbocycles. The van der Waals surface area contributed by atoms with Crippen molar-refractivity contribution in [2.75, 3.05) is 19.8 Å². The standard InChI is InChI=1S/C6H9F3N2O4/c7-6(8,9)3-15-5(13)11-1-2-14-4(10)12/h1-3H2,(H2,10,12)(H,11,13). The average molecular weight is 230 g/mol. The smallest absolute Gasteiger partial charge is 0.422 e. The highest BCUT2D eigenvalue weighted by molar-refractivity contribution is 5.67. The van der Waals surface area contributed by atoms with Crippen LogP contribution in [-0.2, 0) is 9.47 Å². The first-order valence-corrected chi connectivity index (χ1v) is 3.71. The number of rotatable bonds is 4. The molecule has 0 aliphatic rings. The van der Waals surface area contributed by atoms with Crippen LogP contribution in [0.3, 0.4) is 0 Å². The monoisotopic (exact) mass is 230 g/mol. The summed E-state index contributed by atoms with van der Waals surface area (Å²) >= 11 is 0. The molecule has 0 spiro atoms. The molecule has 0 bridgehead atoms. The van der Waals surface area contributed by atoms with Gasteiger partial charge in [-0.15, -0.1) is 0 Å². The number of ether oxygens (including phenoxy) is 2. The van der Waals surface area contributed by atoms with E-state index in [-0.39, 0.29) is 13.2 Å². The van der Waals surface area contributed by atoms with Gasteiger partial charge < -0.3 is 20.5 Å². The molecule has 0 heterocycles. The van der Waals surface area contributed by atoms with E-state index in [0.29, 0.717) is 0 Å². The van der Waals surface area contributed by atoms with Gasteiger partial charge in [0, 0.05) is 0 Å². The van der Waals surface area contributed by atoms with Gasteiger partial charge in [0.05, 0.1) is 6.54 Å². The Morgan fingerprint density at radius 3 is 2.33 bits per heavy atom. The molecular weight excluding hydrogens is 221 g/mol. The van der Waals surface area contributed by atoms with E-state index >= 15 is 0 Å². The molecule has 0 radical (unpaired) electrons. The molecule has 15 heavy (non-hydrogen) atoms. The summed E-state index contributed by atoms with van der Waals surface area (Å²) in [7, 11) is 0. The lowest BCUT2D eigenvalue weighted by Gasteiger charge is -2.08. The summed E-state index contributed by atoms with van der Waals surface area (Å²) in [6.45, 7) is -2.09. The van der Waals surface area contributed by atoms with Crippen LogP contribution in [0.1, 0.15) is 0 Å². The average Bonchev–Trinajstić information content (AvgIpc) is 2.07. The van der Waals surface area contributed by atoms with Crippen LogP contribution in [0.4, 0.5) is 22.8 Å². The number of carbonyl (C=O) groups is 2. The summed E-state index contributed by atoms with van der Waals surface area (Å²) in [6, 6.07) is 0. The largest absolute Gasteiger partial charge is 0.448 e. The molecule has 0 unspecified atom stereocenters. The molecule has 88 valence electrons. The molecule has 0 aromatic heterocycles. The maximum Gasteiger partial charge on any atom is 0.422 e. The van der Waals surface area contributed by atoms with Crippen molar-refractivity contribution >= 4 is 12.2 Å². The number of primary amides is 1. The summed E-state index contributed by atoms with van der Waals surface area (Å²) in [4.78, 5) is 20.5. The number of halogens is 3. The van der Waals surface area contributed by atoms with Gasteiger partial charge in [-0.05, 0) is 0 Å². The van der Waals surface area contributed by atoms with Crippen molar-refractivity contribution in [1.82, 2.24) is 5.32 Å².